The number of nitrogens with zero attached hydrogens (tertiary/aromatic N) is 3. The first-order valence-corrected chi connectivity index (χ1v) is 12.3. The summed E-state index contributed by atoms with van der Waals surface area (Å²) in [6.07, 6.45) is 7.31. The van der Waals surface area contributed by atoms with Gasteiger partial charge >= 0.3 is 0 Å². The monoisotopic (exact) mass is 493 g/mol. The molecule has 5 aromatic rings. The van der Waals surface area contributed by atoms with E-state index in [0.717, 1.165) is 38.5 Å². The summed E-state index contributed by atoms with van der Waals surface area (Å²) in [5.41, 5.74) is 5.21. The third kappa shape index (κ3) is 5.61. The minimum absolute atomic E-state index is 0.150. The summed E-state index contributed by atoms with van der Waals surface area (Å²) in [6, 6.07) is 23.2. The van der Waals surface area contributed by atoms with Crippen LogP contribution in [0.2, 0.25) is 0 Å². The van der Waals surface area contributed by atoms with Crippen molar-refractivity contribution in [3.8, 4) is 5.75 Å². The maximum atomic E-state index is 12.9. The van der Waals surface area contributed by atoms with Crippen LogP contribution in [0.1, 0.15) is 27.0 Å². The average Bonchev–Trinajstić information content (AvgIpc) is 3.42. The number of H-pyrrole nitrogens is 1. The lowest BCUT2D eigenvalue weighted by molar-refractivity contribution is 0.102. The van der Waals surface area contributed by atoms with E-state index < -0.39 is 0 Å². The summed E-state index contributed by atoms with van der Waals surface area (Å²) in [7, 11) is 1.65. The van der Waals surface area contributed by atoms with Crippen LogP contribution in [0.4, 0.5) is 5.69 Å². The molecule has 5 rings (SSSR count). The summed E-state index contributed by atoms with van der Waals surface area (Å²) in [4.78, 5) is 21.4. The van der Waals surface area contributed by atoms with Gasteiger partial charge in [0.05, 0.1) is 18.7 Å². The molecule has 0 saturated heterocycles. The molecule has 0 aliphatic carbocycles. The van der Waals surface area contributed by atoms with Crippen LogP contribution in [0.15, 0.2) is 90.3 Å². The lowest BCUT2D eigenvalue weighted by Gasteiger charge is -2.08. The molecule has 0 aliphatic heterocycles. The maximum absolute atomic E-state index is 12.9. The number of ether oxygens (including phenoxy) is 1. The Labute approximate surface area is 212 Å². The molecule has 2 aromatic heterocycles. The molecule has 0 aliphatic rings. The van der Waals surface area contributed by atoms with Crippen molar-refractivity contribution in [1.29, 1.82) is 0 Å². The maximum Gasteiger partial charge on any atom is 0.255 e. The lowest BCUT2D eigenvalue weighted by atomic mass is 10.1. The Morgan fingerprint density at radius 3 is 2.50 bits per heavy atom. The van der Waals surface area contributed by atoms with E-state index in [4.69, 9.17) is 4.74 Å². The SMILES string of the molecule is COc1ccc(C=Cc2ccc(NC(=O)c3cccc(CSc4ncnc5[nH]ncc45)c3)cc2)cc1. The molecule has 8 heteroatoms. The number of carbonyl (C=O) groups is 1. The van der Waals surface area contributed by atoms with Crippen molar-refractivity contribution >= 4 is 46.5 Å². The van der Waals surface area contributed by atoms with Gasteiger partial charge in [-0.15, -0.1) is 11.8 Å². The highest BCUT2D eigenvalue weighted by molar-refractivity contribution is 7.98. The highest BCUT2D eigenvalue weighted by Crippen LogP contribution is 2.26. The highest BCUT2D eigenvalue weighted by atomic mass is 32.2. The standard InChI is InChI=1S/C28H23N5O2S/c1-35-24-13-9-20(10-14-24)6-5-19-7-11-23(12-8-19)32-27(34)22-4-2-3-21(15-22)17-36-28-25-16-31-33-26(25)29-18-30-28/h2-16,18H,17H2,1H3,(H,32,34)(H,29,30,31,33). The Hall–Kier alpha value is -4.43. The molecule has 0 atom stereocenters. The molecule has 2 heterocycles. The van der Waals surface area contributed by atoms with Gasteiger partial charge in [0.2, 0.25) is 0 Å². The molecule has 0 radical (unpaired) electrons. The third-order valence-electron chi connectivity index (χ3n) is 5.53. The van der Waals surface area contributed by atoms with Crippen LogP contribution in [0.5, 0.6) is 5.75 Å². The molecule has 7 nitrogen and oxygen atoms in total. The smallest absolute Gasteiger partial charge is 0.255 e. The van der Waals surface area contributed by atoms with Crippen LogP contribution >= 0.6 is 11.8 Å². The first kappa shape index (κ1) is 23.3. The Kier molecular flexibility index (Phi) is 7.05. The number of anilines is 1. The quantitative estimate of drug-likeness (QED) is 0.155. The zero-order valence-corrected chi connectivity index (χ0v) is 20.3. The first-order chi connectivity index (χ1) is 17.7. The molecule has 36 heavy (non-hydrogen) atoms. The van der Waals surface area contributed by atoms with Crippen molar-refractivity contribution in [1.82, 2.24) is 20.2 Å². The van der Waals surface area contributed by atoms with Gasteiger partial charge in [0.1, 0.15) is 17.1 Å². The fourth-order valence-electron chi connectivity index (χ4n) is 3.60. The van der Waals surface area contributed by atoms with Crippen molar-refractivity contribution in [3.63, 3.8) is 0 Å². The number of aromatic amines is 1. The molecule has 2 N–H and O–H groups in total. The number of hydrogen-bond acceptors (Lipinski definition) is 6. The van der Waals surface area contributed by atoms with Crippen LogP contribution in [-0.4, -0.2) is 33.2 Å². The van der Waals surface area contributed by atoms with Crippen molar-refractivity contribution < 1.29 is 9.53 Å². The zero-order valence-electron chi connectivity index (χ0n) is 19.5. The number of benzene rings is 3. The van der Waals surface area contributed by atoms with E-state index in [2.05, 4.69) is 25.5 Å². The number of hydrogen-bond donors (Lipinski definition) is 2. The number of aromatic nitrogens is 4. The number of nitrogens with one attached hydrogen (secondary N) is 2. The fraction of sp³-hybridized carbons (Fsp3) is 0.0714. The molecule has 0 spiro atoms. The second-order valence-corrected chi connectivity index (χ2v) is 8.95. The molecule has 0 fully saturated rings. The molecular weight excluding hydrogens is 470 g/mol. The van der Waals surface area contributed by atoms with Gasteiger partial charge in [-0.2, -0.15) is 5.10 Å². The van der Waals surface area contributed by atoms with Gasteiger partial charge in [-0.05, 0) is 53.1 Å². The normalized spacial score (nSPS) is 11.1. The summed E-state index contributed by atoms with van der Waals surface area (Å²) in [5, 5.41) is 11.6. The number of carbonyl (C=O) groups excluding carboxylic acids is 1. The number of fused-ring (bicyclic) bond motifs is 1. The molecule has 0 unspecified atom stereocenters. The van der Waals surface area contributed by atoms with Gasteiger partial charge in [0, 0.05) is 17.0 Å². The number of methoxy groups -OCH3 is 1. The van der Waals surface area contributed by atoms with Crippen LogP contribution < -0.4 is 10.1 Å². The Morgan fingerprint density at radius 2 is 1.75 bits per heavy atom. The van der Waals surface area contributed by atoms with Gasteiger partial charge in [-0.25, -0.2) is 9.97 Å². The van der Waals surface area contributed by atoms with E-state index in [0.29, 0.717) is 17.0 Å². The van der Waals surface area contributed by atoms with Crippen LogP contribution in [0, 0.1) is 0 Å². The first-order valence-electron chi connectivity index (χ1n) is 11.3. The molecule has 178 valence electrons. The van der Waals surface area contributed by atoms with E-state index in [1.54, 1.807) is 25.1 Å². The minimum Gasteiger partial charge on any atom is -0.497 e. The second kappa shape index (κ2) is 10.9. The zero-order chi connectivity index (χ0) is 24.7. The Balaban J connectivity index is 1.20. The molecule has 1 amide bonds. The van der Waals surface area contributed by atoms with Crippen LogP contribution in [0.25, 0.3) is 23.2 Å². The van der Waals surface area contributed by atoms with Crippen molar-refractivity contribution in [2.24, 2.45) is 0 Å². The molecular formula is C28H23N5O2S. The van der Waals surface area contributed by atoms with Crippen molar-refractivity contribution in [3.05, 3.63) is 108 Å². The van der Waals surface area contributed by atoms with Gasteiger partial charge in [-0.1, -0.05) is 48.6 Å². The number of thioether (sulfide) groups is 1. The Morgan fingerprint density at radius 1 is 1.00 bits per heavy atom. The average molecular weight is 494 g/mol. The number of amides is 1. The van der Waals surface area contributed by atoms with E-state index in [-0.39, 0.29) is 5.91 Å². The molecule has 0 saturated carbocycles. The minimum atomic E-state index is -0.150. The largest absolute Gasteiger partial charge is 0.497 e. The lowest BCUT2D eigenvalue weighted by Crippen LogP contribution is -2.12. The highest BCUT2D eigenvalue weighted by Gasteiger charge is 2.09. The van der Waals surface area contributed by atoms with Crippen LogP contribution in [-0.2, 0) is 5.75 Å². The predicted octanol–water partition coefficient (Wildman–Crippen LogP) is 6.08. The number of rotatable bonds is 8. The Bertz CT molecular complexity index is 1510. The van der Waals surface area contributed by atoms with E-state index in [1.807, 2.05) is 84.9 Å². The van der Waals surface area contributed by atoms with Gasteiger partial charge < -0.3 is 10.1 Å². The molecule has 0 bridgehead atoms. The van der Waals surface area contributed by atoms with Gasteiger partial charge in [0.15, 0.2) is 5.65 Å². The summed E-state index contributed by atoms with van der Waals surface area (Å²) in [5.74, 6) is 1.36. The van der Waals surface area contributed by atoms with E-state index in [1.165, 1.54) is 6.33 Å². The van der Waals surface area contributed by atoms with Crippen LogP contribution in [0.3, 0.4) is 0 Å². The van der Waals surface area contributed by atoms with Crippen molar-refractivity contribution in [2.45, 2.75) is 10.8 Å². The van der Waals surface area contributed by atoms with Crippen molar-refractivity contribution in [2.75, 3.05) is 12.4 Å². The summed E-state index contributed by atoms with van der Waals surface area (Å²) >= 11 is 1.58. The fourth-order valence-corrected chi connectivity index (χ4v) is 4.51. The van der Waals surface area contributed by atoms with E-state index in [9.17, 15) is 4.79 Å². The van der Waals surface area contributed by atoms with Gasteiger partial charge in [-0.3, -0.25) is 9.89 Å². The topological polar surface area (TPSA) is 92.8 Å². The predicted molar refractivity (Wildman–Crippen MR) is 144 cm³/mol. The third-order valence-corrected chi connectivity index (χ3v) is 6.61. The molecule has 3 aromatic carbocycles. The second-order valence-electron chi connectivity index (χ2n) is 7.98. The summed E-state index contributed by atoms with van der Waals surface area (Å²) < 4.78 is 5.19. The summed E-state index contributed by atoms with van der Waals surface area (Å²) in [6.45, 7) is 0. The van der Waals surface area contributed by atoms with E-state index >= 15 is 0 Å². The van der Waals surface area contributed by atoms with Gasteiger partial charge in [0.25, 0.3) is 5.91 Å².